The van der Waals surface area contributed by atoms with Crippen molar-refractivity contribution >= 4 is 32.6 Å². The maximum absolute atomic E-state index is 15.2. The number of quaternary nitrogens is 1. The van der Waals surface area contributed by atoms with Gasteiger partial charge in [-0.2, -0.15) is 0 Å². The van der Waals surface area contributed by atoms with Gasteiger partial charge in [-0.15, -0.1) is 0 Å². The number of nitrogens with zero attached hydrogens (tertiary/aromatic N) is 8. The number of anilines is 2. The van der Waals surface area contributed by atoms with Crippen molar-refractivity contribution in [2.75, 3.05) is 121 Å². The van der Waals surface area contributed by atoms with Crippen LogP contribution in [-0.4, -0.2) is 173 Å². The smallest absolute Gasteiger partial charge is 0.238 e. The number of pyridine rings is 1. The van der Waals surface area contributed by atoms with Gasteiger partial charge in [0, 0.05) is 67.7 Å². The highest BCUT2D eigenvalue weighted by Gasteiger charge is 2.31. The van der Waals surface area contributed by atoms with E-state index in [2.05, 4.69) is 41.1 Å². The van der Waals surface area contributed by atoms with Crippen LogP contribution in [0.5, 0.6) is 5.88 Å². The average molecular weight is 924 g/mol. The third-order valence-electron chi connectivity index (χ3n) is 14.6. The standard InChI is InChI=1S/C28H36FN7O4S.C10H20N2.C9H17N.C2H6/c1-39-27-24(33-41(2,37)38)15-19(17-30-27)25-23-16-21(29)14-20(18-34-8-4-22(5-9-34)35-6-3-7-35)26(23)32-28(31-25)36-10-12-40-13-11-36;1-2-11-8-4-10(5-9-11)12-6-3-7-12;1-2-5-9(6-3-1)10-7-4-8-10;1-2/h14-17,22,33H,3-13,18H2,1-2H3;10H,2-9H2,1H3;9H,1-8H2;1-2H3/p+1. The predicted molar refractivity (Wildman–Crippen MR) is 260 cm³/mol. The van der Waals surface area contributed by atoms with Crippen molar-refractivity contribution in [3.63, 3.8) is 0 Å². The summed E-state index contributed by atoms with van der Waals surface area (Å²) in [6.07, 6.45) is 19.4. The second kappa shape index (κ2) is 24.2. The first kappa shape index (κ1) is 49.6. The minimum Gasteiger partial charge on any atom is -0.480 e. The Balaban J connectivity index is 0.000000211. The fourth-order valence-corrected chi connectivity index (χ4v) is 11.0. The van der Waals surface area contributed by atoms with Crippen LogP contribution >= 0.6 is 0 Å². The molecule has 0 amide bonds. The molecule has 2 aromatic heterocycles. The number of benzene rings is 1. The van der Waals surface area contributed by atoms with Crippen LogP contribution in [0.4, 0.5) is 16.0 Å². The van der Waals surface area contributed by atoms with Gasteiger partial charge in [0.15, 0.2) is 0 Å². The van der Waals surface area contributed by atoms with Crippen LogP contribution in [0.3, 0.4) is 0 Å². The summed E-state index contributed by atoms with van der Waals surface area (Å²) < 4.78 is 52.6. The van der Waals surface area contributed by atoms with E-state index in [9.17, 15) is 8.42 Å². The zero-order valence-electron chi connectivity index (χ0n) is 40.3. The van der Waals surface area contributed by atoms with E-state index < -0.39 is 10.0 Å². The van der Waals surface area contributed by atoms with E-state index in [0.717, 1.165) is 49.8 Å². The molecule has 14 nitrogen and oxygen atoms in total. The van der Waals surface area contributed by atoms with Crippen molar-refractivity contribution in [1.29, 1.82) is 0 Å². The van der Waals surface area contributed by atoms with Gasteiger partial charge in [0.05, 0.1) is 57.4 Å². The Labute approximate surface area is 389 Å². The van der Waals surface area contributed by atoms with Gasteiger partial charge in [-0.05, 0) is 128 Å². The first-order chi connectivity index (χ1) is 31.6. The van der Waals surface area contributed by atoms with Crippen LogP contribution in [0.1, 0.15) is 103 Å². The van der Waals surface area contributed by atoms with E-state index >= 15 is 4.39 Å². The van der Waals surface area contributed by atoms with Gasteiger partial charge in [0.25, 0.3) is 0 Å². The van der Waals surface area contributed by atoms with Crippen LogP contribution in [0.2, 0.25) is 0 Å². The molecule has 1 aliphatic carbocycles. The molecule has 65 heavy (non-hydrogen) atoms. The molecule has 362 valence electrons. The molecule has 7 fully saturated rings. The lowest BCUT2D eigenvalue weighted by molar-refractivity contribution is -0.903. The number of hydrogen-bond acceptors (Lipinski definition) is 12. The van der Waals surface area contributed by atoms with Crippen LogP contribution in [0.25, 0.3) is 22.2 Å². The van der Waals surface area contributed by atoms with E-state index in [4.69, 9.17) is 19.4 Å². The predicted octanol–water partition coefficient (Wildman–Crippen LogP) is 5.53. The summed E-state index contributed by atoms with van der Waals surface area (Å²) in [7, 11) is -2.19. The molecule has 7 aliphatic rings. The van der Waals surface area contributed by atoms with Gasteiger partial charge in [0.2, 0.25) is 21.9 Å². The number of sulfonamides is 1. The molecule has 10 rings (SSSR count). The Bertz CT molecular complexity index is 2040. The van der Waals surface area contributed by atoms with E-state index in [1.165, 1.54) is 136 Å². The minimum absolute atomic E-state index is 0.124. The largest absolute Gasteiger partial charge is 0.480 e. The molecule has 6 aliphatic heterocycles. The van der Waals surface area contributed by atoms with Crippen LogP contribution < -0.4 is 19.3 Å². The van der Waals surface area contributed by atoms with Crippen molar-refractivity contribution in [2.45, 2.75) is 122 Å². The molecule has 3 aromatic rings. The Morgan fingerprint density at radius 3 is 1.89 bits per heavy atom. The number of piperidine rings is 2. The highest BCUT2D eigenvalue weighted by Crippen LogP contribution is 2.35. The van der Waals surface area contributed by atoms with E-state index in [1.54, 1.807) is 18.3 Å². The first-order valence-electron chi connectivity index (χ1n) is 25.3. The normalized spacial score (nSPS) is 23.9. The molecule has 16 heteroatoms. The lowest BCUT2D eigenvalue weighted by Crippen LogP contribution is -3.13. The Morgan fingerprint density at radius 2 is 1.35 bits per heavy atom. The molecule has 0 bridgehead atoms. The molecule has 6 saturated heterocycles. The topological polar surface area (TPSA) is 124 Å². The molecule has 0 unspecified atom stereocenters. The van der Waals surface area contributed by atoms with Crippen molar-refractivity contribution in [2.24, 2.45) is 0 Å². The fourth-order valence-electron chi connectivity index (χ4n) is 10.5. The first-order valence-corrected chi connectivity index (χ1v) is 27.2. The second-order valence-corrected chi connectivity index (χ2v) is 20.6. The molecule has 0 radical (unpaired) electrons. The van der Waals surface area contributed by atoms with E-state index in [1.807, 2.05) is 18.7 Å². The summed E-state index contributed by atoms with van der Waals surface area (Å²) in [5.74, 6) is 0.274. The lowest BCUT2D eigenvalue weighted by Gasteiger charge is -2.43. The SMILES string of the molecule is C1CCC(N2CCC2)CC1.CC.CC[NH+]1CCC(N2CCC2)CC1.COc1ncc(-c2nc(N3CCOCC3)nc3c(CN4CCC(N5CCC5)CC4)cc(F)cc23)cc1NS(C)(=O)=O. The summed E-state index contributed by atoms with van der Waals surface area (Å²) in [4.78, 5) is 28.3. The van der Waals surface area contributed by atoms with Gasteiger partial charge < -0.3 is 29.1 Å². The summed E-state index contributed by atoms with van der Waals surface area (Å²) in [6.45, 7) is 23.3. The highest BCUT2D eigenvalue weighted by atomic mass is 32.2. The molecule has 8 heterocycles. The Kier molecular flexibility index (Phi) is 18.5. The van der Waals surface area contributed by atoms with Crippen LogP contribution in [-0.2, 0) is 21.3 Å². The quantitative estimate of drug-likeness (QED) is 0.252. The second-order valence-electron chi connectivity index (χ2n) is 18.9. The summed E-state index contributed by atoms with van der Waals surface area (Å²) in [5.41, 5.74) is 2.65. The van der Waals surface area contributed by atoms with Crippen molar-refractivity contribution in [3.8, 4) is 17.1 Å². The molecule has 0 atom stereocenters. The van der Waals surface area contributed by atoms with Crippen molar-refractivity contribution in [1.82, 2.24) is 34.6 Å². The maximum Gasteiger partial charge on any atom is 0.238 e. The fraction of sp³-hybridized carbons (Fsp3) is 0.735. The van der Waals surface area contributed by atoms with E-state index in [-0.39, 0.29) is 17.4 Å². The highest BCUT2D eigenvalue weighted by molar-refractivity contribution is 7.92. The maximum atomic E-state index is 15.2. The number of methoxy groups -OCH3 is 1. The van der Waals surface area contributed by atoms with Gasteiger partial charge in [-0.1, -0.05) is 33.1 Å². The third kappa shape index (κ3) is 13.5. The summed E-state index contributed by atoms with van der Waals surface area (Å²) in [6, 6.07) is 7.22. The monoisotopic (exact) mass is 924 g/mol. The van der Waals surface area contributed by atoms with Gasteiger partial charge in [0.1, 0.15) is 11.5 Å². The van der Waals surface area contributed by atoms with Crippen molar-refractivity contribution in [3.05, 3.63) is 35.8 Å². The number of ether oxygens (including phenoxy) is 2. The third-order valence-corrected chi connectivity index (χ3v) is 15.2. The number of likely N-dealkylation sites (tertiary alicyclic amines) is 5. The number of hydrogen-bond donors (Lipinski definition) is 2. The zero-order valence-corrected chi connectivity index (χ0v) is 41.2. The minimum atomic E-state index is -3.61. The van der Waals surface area contributed by atoms with E-state index in [0.29, 0.717) is 67.0 Å². The molecule has 1 aromatic carbocycles. The van der Waals surface area contributed by atoms with Crippen molar-refractivity contribution < 1.29 is 27.2 Å². The number of morpholine rings is 1. The van der Waals surface area contributed by atoms with Gasteiger partial charge in [-0.3, -0.25) is 14.5 Å². The number of rotatable bonds is 11. The number of aromatic nitrogens is 3. The zero-order chi connectivity index (χ0) is 45.8. The van der Waals surface area contributed by atoms with Gasteiger partial charge in [-0.25, -0.2) is 27.8 Å². The summed E-state index contributed by atoms with van der Waals surface area (Å²) in [5, 5.41) is 0.546. The molecular formula is C49H80FN10O4S+. The average Bonchev–Trinajstić information content (AvgIpc) is 3.26. The Hall–Kier alpha value is -3.25. The summed E-state index contributed by atoms with van der Waals surface area (Å²) >= 11 is 0. The molecule has 0 spiro atoms. The van der Waals surface area contributed by atoms with Crippen LogP contribution in [0.15, 0.2) is 24.4 Å². The Morgan fingerprint density at radius 1 is 0.769 bits per heavy atom. The number of halogens is 1. The lowest BCUT2D eigenvalue weighted by atomic mass is 9.92. The number of fused-ring (bicyclic) bond motifs is 1. The molecule has 2 N–H and O–H groups in total. The molecular weight excluding hydrogens is 844 g/mol. The van der Waals surface area contributed by atoms with Crippen LogP contribution in [0, 0.1) is 5.82 Å². The number of nitrogens with one attached hydrogen (secondary N) is 2. The molecule has 1 saturated carbocycles. The van der Waals surface area contributed by atoms with Gasteiger partial charge >= 0.3 is 0 Å².